The van der Waals surface area contributed by atoms with Crippen LogP contribution in [0.1, 0.15) is 20.3 Å². The second-order valence-electron chi connectivity index (χ2n) is 6.30. The molecule has 0 saturated heterocycles. The Bertz CT molecular complexity index is 626. The van der Waals surface area contributed by atoms with Gasteiger partial charge in [0.1, 0.15) is 4.33 Å². The molecule has 1 aromatic rings. The molecule has 8 heteroatoms. The molecular weight excluding hydrogens is 381 g/mol. The first-order chi connectivity index (χ1) is 11.8. The number of amides is 3. The maximum Gasteiger partial charge on any atom is 0.319 e. The second-order valence-corrected chi connectivity index (χ2v) is 8.90. The molecule has 1 fully saturated rings. The van der Waals surface area contributed by atoms with Gasteiger partial charge in [-0.3, -0.25) is 4.79 Å². The van der Waals surface area contributed by atoms with Crippen molar-refractivity contribution in [2.24, 2.45) is 11.8 Å². The second kappa shape index (κ2) is 9.01. The van der Waals surface area contributed by atoms with Gasteiger partial charge in [0.2, 0.25) is 5.91 Å². The molecule has 1 saturated carbocycles. The van der Waals surface area contributed by atoms with Gasteiger partial charge in [-0.15, -0.1) is 35.0 Å². The lowest BCUT2D eigenvalue weighted by atomic mass is 10.2. The van der Waals surface area contributed by atoms with Gasteiger partial charge in [-0.05, 0) is 18.6 Å². The molecule has 5 nitrogen and oxygen atoms in total. The molecule has 1 aliphatic carbocycles. The van der Waals surface area contributed by atoms with Crippen LogP contribution in [0.15, 0.2) is 29.2 Å². The van der Waals surface area contributed by atoms with Gasteiger partial charge in [0.25, 0.3) is 0 Å². The first-order valence-corrected chi connectivity index (χ1v) is 9.96. The average Bonchev–Trinajstić information content (AvgIpc) is 3.17. The molecule has 25 heavy (non-hydrogen) atoms. The standard InChI is InChI=1S/C17H23Cl2N3O2S/c1-11(2)15(23)20-7-8-21-16(24)22-13-5-3-4-6-14(13)25-10-12-9-17(12,18)19/h3-6,11-12H,7-10H2,1-2H3,(H,20,23)(H2,21,22,24). The number of rotatable bonds is 8. The van der Waals surface area contributed by atoms with E-state index < -0.39 is 4.33 Å². The number of hydrogen-bond donors (Lipinski definition) is 3. The summed E-state index contributed by atoms with van der Waals surface area (Å²) < 4.78 is -0.590. The van der Waals surface area contributed by atoms with Crippen LogP contribution in [0.2, 0.25) is 0 Å². The van der Waals surface area contributed by atoms with Crippen molar-refractivity contribution < 1.29 is 9.59 Å². The fourth-order valence-electron chi connectivity index (χ4n) is 2.07. The molecule has 0 aromatic heterocycles. The summed E-state index contributed by atoms with van der Waals surface area (Å²) in [6, 6.07) is 7.29. The van der Waals surface area contributed by atoms with E-state index in [1.54, 1.807) is 11.8 Å². The van der Waals surface area contributed by atoms with E-state index >= 15 is 0 Å². The van der Waals surface area contributed by atoms with Gasteiger partial charge in [-0.1, -0.05) is 26.0 Å². The highest BCUT2D eigenvalue weighted by molar-refractivity contribution is 7.99. The monoisotopic (exact) mass is 403 g/mol. The van der Waals surface area contributed by atoms with Crippen LogP contribution >= 0.6 is 35.0 Å². The van der Waals surface area contributed by atoms with E-state index in [1.807, 2.05) is 38.1 Å². The number of halogens is 2. The van der Waals surface area contributed by atoms with Crippen LogP contribution in [0.3, 0.4) is 0 Å². The predicted molar refractivity (Wildman–Crippen MR) is 105 cm³/mol. The van der Waals surface area contributed by atoms with Gasteiger partial charge in [0, 0.05) is 35.6 Å². The van der Waals surface area contributed by atoms with Gasteiger partial charge in [-0.25, -0.2) is 4.79 Å². The molecule has 0 heterocycles. The van der Waals surface area contributed by atoms with Crippen molar-refractivity contribution in [3.05, 3.63) is 24.3 Å². The van der Waals surface area contributed by atoms with Crippen molar-refractivity contribution in [2.45, 2.75) is 29.5 Å². The molecule has 1 aromatic carbocycles. The topological polar surface area (TPSA) is 70.2 Å². The predicted octanol–water partition coefficient (Wildman–Crippen LogP) is 3.87. The largest absolute Gasteiger partial charge is 0.354 e. The minimum absolute atomic E-state index is 0.0290. The Morgan fingerprint density at radius 3 is 2.52 bits per heavy atom. The van der Waals surface area contributed by atoms with Crippen LogP contribution in [0, 0.1) is 11.8 Å². The van der Waals surface area contributed by atoms with Gasteiger partial charge >= 0.3 is 6.03 Å². The van der Waals surface area contributed by atoms with E-state index in [2.05, 4.69) is 16.0 Å². The van der Waals surface area contributed by atoms with Gasteiger partial charge in [0.15, 0.2) is 0 Å². The van der Waals surface area contributed by atoms with E-state index in [1.165, 1.54) is 0 Å². The number of carbonyl (C=O) groups excluding carboxylic acids is 2. The number of para-hydroxylation sites is 1. The molecule has 0 bridgehead atoms. The first-order valence-electron chi connectivity index (χ1n) is 8.22. The quantitative estimate of drug-likeness (QED) is 0.350. The third-order valence-corrected chi connectivity index (χ3v) is 5.93. The third kappa shape index (κ3) is 6.60. The Kier molecular flexibility index (Phi) is 7.28. The smallest absolute Gasteiger partial charge is 0.319 e. The van der Waals surface area contributed by atoms with Crippen molar-refractivity contribution in [1.29, 1.82) is 0 Å². The Morgan fingerprint density at radius 1 is 1.24 bits per heavy atom. The average molecular weight is 404 g/mol. The Labute approximate surface area is 162 Å². The van der Waals surface area contributed by atoms with Crippen molar-refractivity contribution in [3.8, 4) is 0 Å². The Balaban J connectivity index is 1.75. The lowest BCUT2D eigenvalue weighted by Gasteiger charge is -2.12. The Morgan fingerprint density at radius 2 is 1.88 bits per heavy atom. The summed E-state index contributed by atoms with van der Waals surface area (Å²) in [5, 5.41) is 8.31. The zero-order chi connectivity index (χ0) is 18.4. The van der Waals surface area contributed by atoms with Gasteiger partial charge < -0.3 is 16.0 Å². The number of benzene rings is 1. The SMILES string of the molecule is CC(C)C(=O)NCCNC(=O)Nc1ccccc1SCC1CC1(Cl)Cl. The zero-order valence-electron chi connectivity index (χ0n) is 14.3. The highest BCUT2D eigenvalue weighted by Crippen LogP contribution is 2.55. The number of anilines is 1. The normalized spacial score (nSPS) is 17.9. The minimum Gasteiger partial charge on any atom is -0.354 e. The minimum atomic E-state index is -0.590. The van der Waals surface area contributed by atoms with Gasteiger partial charge in [0.05, 0.1) is 5.69 Å². The van der Waals surface area contributed by atoms with Crippen LogP contribution in [0.5, 0.6) is 0 Å². The van der Waals surface area contributed by atoms with E-state index in [0.29, 0.717) is 13.1 Å². The summed E-state index contributed by atoms with van der Waals surface area (Å²) in [5.74, 6) is 1.00. The van der Waals surface area contributed by atoms with E-state index in [0.717, 1.165) is 22.8 Å². The van der Waals surface area contributed by atoms with Crippen LogP contribution < -0.4 is 16.0 Å². The number of alkyl halides is 2. The number of hydrogen-bond acceptors (Lipinski definition) is 3. The summed E-state index contributed by atoms with van der Waals surface area (Å²) in [4.78, 5) is 24.4. The molecule has 0 radical (unpaired) electrons. The molecule has 0 spiro atoms. The number of carbonyl (C=O) groups is 2. The van der Waals surface area contributed by atoms with Crippen molar-refractivity contribution >= 4 is 52.6 Å². The van der Waals surface area contributed by atoms with E-state index in [-0.39, 0.29) is 23.8 Å². The lowest BCUT2D eigenvalue weighted by Crippen LogP contribution is -2.38. The van der Waals surface area contributed by atoms with Gasteiger partial charge in [-0.2, -0.15) is 0 Å². The van der Waals surface area contributed by atoms with Crippen LogP contribution in [-0.2, 0) is 4.79 Å². The van der Waals surface area contributed by atoms with Crippen LogP contribution in [0.25, 0.3) is 0 Å². The molecule has 1 aliphatic rings. The third-order valence-electron chi connectivity index (χ3n) is 3.77. The lowest BCUT2D eigenvalue weighted by molar-refractivity contribution is -0.123. The fraction of sp³-hybridized carbons (Fsp3) is 0.529. The first kappa shape index (κ1) is 20.2. The van der Waals surface area contributed by atoms with E-state index in [4.69, 9.17) is 23.2 Å². The number of thioether (sulfide) groups is 1. The maximum atomic E-state index is 12.0. The maximum absolute atomic E-state index is 12.0. The van der Waals surface area contributed by atoms with Crippen molar-refractivity contribution in [1.82, 2.24) is 10.6 Å². The summed E-state index contributed by atoms with van der Waals surface area (Å²) in [5.41, 5.74) is 0.742. The molecule has 3 amide bonds. The molecule has 3 N–H and O–H groups in total. The van der Waals surface area contributed by atoms with Crippen molar-refractivity contribution in [2.75, 3.05) is 24.2 Å². The Hall–Kier alpha value is -1.11. The summed E-state index contributed by atoms with van der Waals surface area (Å²) in [7, 11) is 0. The summed E-state index contributed by atoms with van der Waals surface area (Å²) >= 11 is 13.7. The molecule has 2 rings (SSSR count). The molecule has 1 atom stereocenters. The highest BCUT2D eigenvalue weighted by Gasteiger charge is 2.51. The highest BCUT2D eigenvalue weighted by atomic mass is 35.5. The van der Waals surface area contributed by atoms with Crippen LogP contribution in [-0.4, -0.2) is 35.1 Å². The molecule has 138 valence electrons. The number of nitrogens with one attached hydrogen (secondary N) is 3. The zero-order valence-corrected chi connectivity index (χ0v) is 16.6. The van der Waals surface area contributed by atoms with Crippen LogP contribution in [0.4, 0.5) is 10.5 Å². The number of urea groups is 1. The summed E-state index contributed by atoms with van der Waals surface area (Å²) in [6.07, 6.45) is 0.807. The molecule has 0 aliphatic heterocycles. The van der Waals surface area contributed by atoms with Crippen molar-refractivity contribution in [3.63, 3.8) is 0 Å². The molecular formula is C17H23Cl2N3O2S. The fourth-order valence-corrected chi connectivity index (χ4v) is 4.01. The van der Waals surface area contributed by atoms with E-state index in [9.17, 15) is 9.59 Å². The summed E-state index contributed by atoms with van der Waals surface area (Å²) in [6.45, 7) is 4.41. The molecule has 1 unspecified atom stereocenters.